The number of hydrogen-bond donors (Lipinski definition) is 1. The van der Waals surface area contributed by atoms with Crippen LogP contribution in [0, 0.1) is 0 Å². The molecule has 0 saturated carbocycles. The predicted octanol–water partition coefficient (Wildman–Crippen LogP) is 5.31. The molecule has 8 nitrogen and oxygen atoms in total. The molecule has 1 aliphatic carbocycles. The molecule has 0 spiro atoms. The molecule has 1 N–H and O–H groups in total. The number of nitrogens with zero attached hydrogens (tertiary/aromatic N) is 2. The van der Waals surface area contributed by atoms with Gasteiger partial charge in [-0.05, 0) is 50.8 Å². The number of anilines is 1. The van der Waals surface area contributed by atoms with Gasteiger partial charge in [0.05, 0.1) is 23.3 Å². The molecule has 1 aliphatic heterocycles. The van der Waals surface area contributed by atoms with E-state index in [2.05, 4.69) is 17.1 Å². The Morgan fingerprint density at radius 1 is 0.949 bits per heavy atom. The topological polar surface area (TPSA) is 97.8 Å². The van der Waals surface area contributed by atoms with Crippen molar-refractivity contribution in [3.05, 3.63) is 57.1 Å². The molecule has 0 saturated heterocycles. The lowest BCUT2D eigenvalue weighted by atomic mass is 9.96. The van der Waals surface area contributed by atoms with Gasteiger partial charge in [-0.25, -0.2) is 9.59 Å². The summed E-state index contributed by atoms with van der Waals surface area (Å²) in [5.41, 5.74) is 4.44. The van der Waals surface area contributed by atoms with Crippen molar-refractivity contribution >= 4 is 45.1 Å². The van der Waals surface area contributed by atoms with Crippen molar-refractivity contribution in [2.24, 2.45) is 0 Å². The minimum atomic E-state index is -0.540. The first-order valence-electron chi connectivity index (χ1n) is 13.9. The summed E-state index contributed by atoms with van der Waals surface area (Å²) in [6, 6.07) is 7.54. The lowest BCUT2D eigenvalue weighted by Crippen LogP contribution is -2.32. The minimum Gasteiger partial charge on any atom is -0.462 e. The lowest BCUT2D eigenvalue weighted by molar-refractivity contribution is -0.119. The van der Waals surface area contributed by atoms with E-state index >= 15 is 0 Å². The fraction of sp³-hybridized carbons (Fsp3) is 0.467. The molecular weight excluding hydrogens is 514 g/mol. The first-order valence-corrected chi connectivity index (χ1v) is 14.7. The van der Waals surface area contributed by atoms with Crippen LogP contribution in [0.2, 0.25) is 0 Å². The summed E-state index contributed by atoms with van der Waals surface area (Å²) in [4.78, 5) is 47.6. The monoisotopic (exact) mass is 549 g/mol. The first-order chi connectivity index (χ1) is 19.0. The number of amides is 1. The highest BCUT2D eigenvalue weighted by Crippen LogP contribution is 2.37. The van der Waals surface area contributed by atoms with Crippen LogP contribution in [-0.4, -0.2) is 54.0 Å². The van der Waals surface area contributed by atoms with Gasteiger partial charge in [-0.1, -0.05) is 38.0 Å². The maximum Gasteiger partial charge on any atom is 0.341 e. The molecule has 0 bridgehead atoms. The number of benzene rings is 1. The van der Waals surface area contributed by atoms with E-state index in [1.807, 2.05) is 24.3 Å². The highest BCUT2D eigenvalue weighted by Gasteiger charge is 2.28. The van der Waals surface area contributed by atoms with Gasteiger partial charge in [0, 0.05) is 41.0 Å². The molecule has 1 amide bonds. The molecule has 0 unspecified atom stereocenters. The molecule has 0 fully saturated rings. The number of nitrogens with one attached hydrogen (secondary N) is 1. The predicted molar refractivity (Wildman–Crippen MR) is 151 cm³/mol. The minimum absolute atomic E-state index is 0.258. The quantitative estimate of drug-likeness (QED) is 0.399. The number of para-hydroxylation sites is 1. The van der Waals surface area contributed by atoms with Gasteiger partial charge in [-0.2, -0.15) is 0 Å². The van der Waals surface area contributed by atoms with E-state index in [9.17, 15) is 14.4 Å². The molecule has 3 heterocycles. The van der Waals surface area contributed by atoms with Gasteiger partial charge in [0.1, 0.15) is 5.00 Å². The Morgan fingerprint density at radius 3 is 2.51 bits per heavy atom. The zero-order valence-electron chi connectivity index (χ0n) is 22.6. The molecule has 9 heteroatoms. The van der Waals surface area contributed by atoms with Crippen LogP contribution in [0.5, 0.6) is 0 Å². The van der Waals surface area contributed by atoms with Crippen molar-refractivity contribution in [2.75, 3.05) is 31.6 Å². The van der Waals surface area contributed by atoms with Crippen LogP contribution in [0.15, 0.2) is 24.3 Å². The summed E-state index contributed by atoms with van der Waals surface area (Å²) >= 11 is 1.43. The maximum atomic E-state index is 13.5. The van der Waals surface area contributed by atoms with E-state index in [0.29, 0.717) is 22.7 Å². The van der Waals surface area contributed by atoms with E-state index < -0.39 is 24.5 Å². The SMILES string of the molecule is CCOC(=O)c1c(NC(=O)COC(=O)c2c3c(nc4ccccc24)CCN(CC)C3)sc2c1CCCCCC2. The summed E-state index contributed by atoms with van der Waals surface area (Å²) in [6.07, 6.45) is 6.77. The third kappa shape index (κ3) is 5.84. The molecule has 0 radical (unpaired) electrons. The van der Waals surface area contributed by atoms with Crippen LogP contribution in [0.1, 0.15) is 81.9 Å². The number of carbonyl (C=O) groups excluding carboxylic acids is 3. The van der Waals surface area contributed by atoms with Gasteiger partial charge < -0.3 is 14.8 Å². The Morgan fingerprint density at radius 2 is 1.72 bits per heavy atom. The van der Waals surface area contributed by atoms with Crippen LogP contribution < -0.4 is 5.32 Å². The number of hydrogen-bond acceptors (Lipinski definition) is 8. The number of rotatable bonds is 7. The Balaban J connectivity index is 1.37. The summed E-state index contributed by atoms with van der Waals surface area (Å²) in [6.45, 7) is 6.05. The van der Waals surface area contributed by atoms with Crippen molar-refractivity contribution in [1.29, 1.82) is 0 Å². The van der Waals surface area contributed by atoms with Gasteiger partial charge in [-0.15, -0.1) is 11.3 Å². The summed E-state index contributed by atoms with van der Waals surface area (Å²) in [7, 11) is 0. The van der Waals surface area contributed by atoms with Crippen molar-refractivity contribution in [2.45, 2.75) is 65.3 Å². The van der Waals surface area contributed by atoms with Crippen molar-refractivity contribution in [3.63, 3.8) is 0 Å². The smallest absolute Gasteiger partial charge is 0.341 e. The van der Waals surface area contributed by atoms with Crippen molar-refractivity contribution in [1.82, 2.24) is 9.88 Å². The number of esters is 2. The number of thiophene rings is 1. The standard InChI is InChI=1S/C30H35N3O5S/c1-3-33-16-15-23-21(17-33)26(19-11-9-10-13-22(19)31-23)29(35)38-18-25(34)32-28-27(30(36)37-4-2)20-12-7-5-6-8-14-24(20)39-28/h9-11,13H,3-8,12,14-18H2,1-2H3,(H,32,34). The van der Waals surface area contributed by atoms with Gasteiger partial charge >= 0.3 is 11.9 Å². The van der Waals surface area contributed by atoms with Crippen LogP contribution in [0.4, 0.5) is 5.00 Å². The second kappa shape index (κ2) is 12.3. The van der Waals surface area contributed by atoms with Gasteiger partial charge in [0.25, 0.3) is 5.91 Å². The van der Waals surface area contributed by atoms with Crippen LogP contribution in [0.3, 0.4) is 0 Å². The van der Waals surface area contributed by atoms with E-state index in [1.54, 1.807) is 6.92 Å². The van der Waals surface area contributed by atoms with Gasteiger partial charge in [0.2, 0.25) is 0 Å². The van der Waals surface area contributed by atoms with Crippen molar-refractivity contribution in [3.8, 4) is 0 Å². The molecule has 2 aromatic heterocycles. The maximum absolute atomic E-state index is 13.5. The molecule has 39 heavy (non-hydrogen) atoms. The highest BCUT2D eigenvalue weighted by atomic mass is 32.1. The number of pyridine rings is 1. The van der Waals surface area contributed by atoms with Crippen molar-refractivity contribution < 1.29 is 23.9 Å². The van der Waals surface area contributed by atoms with E-state index in [4.69, 9.17) is 14.5 Å². The highest BCUT2D eigenvalue weighted by molar-refractivity contribution is 7.17. The second-order valence-corrected chi connectivity index (χ2v) is 11.1. The molecule has 0 atom stereocenters. The number of likely N-dealkylation sites (N-methyl/N-ethyl adjacent to an activating group) is 1. The van der Waals surface area contributed by atoms with E-state index in [0.717, 1.165) is 90.6 Å². The van der Waals surface area contributed by atoms with Gasteiger partial charge in [0.15, 0.2) is 6.61 Å². The average Bonchev–Trinajstić information content (AvgIpc) is 3.25. The fourth-order valence-electron chi connectivity index (χ4n) is 5.54. The fourth-order valence-corrected chi connectivity index (χ4v) is 6.84. The third-order valence-electron chi connectivity index (χ3n) is 7.51. The molecule has 1 aromatic carbocycles. The lowest BCUT2D eigenvalue weighted by Gasteiger charge is -2.28. The summed E-state index contributed by atoms with van der Waals surface area (Å²) in [5.74, 6) is -1.44. The average molecular weight is 550 g/mol. The molecule has 2 aliphatic rings. The Bertz CT molecular complexity index is 1400. The molecule has 3 aromatic rings. The summed E-state index contributed by atoms with van der Waals surface area (Å²) in [5, 5.41) is 4.05. The summed E-state index contributed by atoms with van der Waals surface area (Å²) < 4.78 is 10.9. The van der Waals surface area contributed by atoms with E-state index in [-0.39, 0.29) is 6.61 Å². The van der Waals surface area contributed by atoms with Crippen LogP contribution >= 0.6 is 11.3 Å². The molecule has 5 rings (SSSR count). The third-order valence-corrected chi connectivity index (χ3v) is 8.72. The molecule has 206 valence electrons. The van der Waals surface area contributed by atoms with Gasteiger partial charge in [-0.3, -0.25) is 14.7 Å². The van der Waals surface area contributed by atoms with Crippen LogP contribution in [0.25, 0.3) is 10.9 Å². The number of aromatic nitrogens is 1. The largest absolute Gasteiger partial charge is 0.462 e. The molecular formula is C30H35N3O5S. The number of fused-ring (bicyclic) bond motifs is 3. The number of aryl methyl sites for hydroxylation is 1. The number of ether oxygens (including phenoxy) is 2. The normalized spacial score (nSPS) is 15.5. The zero-order valence-corrected chi connectivity index (χ0v) is 23.5. The van der Waals surface area contributed by atoms with E-state index in [1.165, 1.54) is 11.3 Å². The zero-order chi connectivity index (χ0) is 27.4. The Labute approximate surface area is 232 Å². The Kier molecular flexibility index (Phi) is 8.57. The Hall–Kier alpha value is -3.30. The van der Waals surface area contributed by atoms with Crippen LogP contribution in [-0.2, 0) is 40.1 Å². The number of carbonyl (C=O) groups is 3. The first kappa shape index (κ1) is 27.3. The second-order valence-electron chi connectivity index (χ2n) is 10.0.